The molecular weight excluding hydrogens is 292 g/mol. The minimum Gasteiger partial charge on any atom is -0.376 e. The van der Waals surface area contributed by atoms with E-state index >= 15 is 0 Å². The van der Waals surface area contributed by atoms with E-state index in [0.717, 1.165) is 36.4 Å². The maximum atomic E-state index is 5.86. The van der Waals surface area contributed by atoms with Crippen molar-refractivity contribution in [3.05, 3.63) is 22.3 Å². The lowest BCUT2D eigenvalue weighted by molar-refractivity contribution is 0.0439. The predicted octanol–water partition coefficient (Wildman–Crippen LogP) is 3.55. The SMILES string of the molecule is CCCOC1CCCN(c2ncc(C)cc2Br)C1. The van der Waals surface area contributed by atoms with Crippen LogP contribution in [0.5, 0.6) is 0 Å². The van der Waals surface area contributed by atoms with E-state index in [9.17, 15) is 0 Å². The number of halogens is 1. The van der Waals surface area contributed by atoms with Gasteiger partial charge in [0.1, 0.15) is 5.82 Å². The number of aryl methyl sites for hydroxylation is 1. The average Bonchev–Trinajstić information content (AvgIpc) is 2.36. The Morgan fingerprint density at radius 3 is 3.11 bits per heavy atom. The Labute approximate surface area is 118 Å². The summed E-state index contributed by atoms with van der Waals surface area (Å²) in [5, 5.41) is 0. The molecule has 4 heteroatoms. The predicted molar refractivity (Wildman–Crippen MR) is 78.2 cm³/mol. The summed E-state index contributed by atoms with van der Waals surface area (Å²) in [5.41, 5.74) is 1.18. The number of pyridine rings is 1. The molecule has 0 radical (unpaired) electrons. The normalized spacial score (nSPS) is 20.2. The van der Waals surface area contributed by atoms with E-state index in [2.05, 4.69) is 45.7 Å². The quantitative estimate of drug-likeness (QED) is 0.850. The monoisotopic (exact) mass is 312 g/mol. The molecule has 2 heterocycles. The Kier molecular flexibility index (Phi) is 5.01. The first-order valence-corrected chi connectivity index (χ1v) is 7.48. The van der Waals surface area contributed by atoms with Gasteiger partial charge in [-0.3, -0.25) is 0 Å². The topological polar surface area (TPSA) is 25.4 Å². The molecular formula is C14H21BrN2O. The molecule has 1 aliphatic rings. The van der Waals surface area contributed by atoms with Crippen molar-refractivity contribution in [1.82, 2.24) is 4.98 Å². The van der Waals surface area contributed by atoms with Gasteiger partial charge in [-0.05, 0) is 53.7 Å². The van der Waals surface area contributed by atoms with Crippen molar-refractivity contribution < 1.29 is 4.74 Å². The van der Waals surface area contributed by atoms with E-state index < -0.39 is 0 Å². The molecule has 0 bridgehead atoms. The number of anilines is 1. The lowest BCUT2D eigenvalue weighted by Gasteiger charge is -2.34. The van der Waals surface area contributed by atoms with Gasteiger partial charge in [0.2, 0.25) is 0 Å². The summed E-state index contributed by atoms with van der Waals surface area (Å²) in [4.78, 5) is 6.87. The highest BCUT2D eigenvalue weighted by Gasteiger charge is 2.22. The van der Waals surface area contributed by atoms with Crippen LogP contribution < -0.4 is 4.90 Å². The van der Waals surface area contributed by atoms with Crippen LogP contribution in [0.25, 0.3) is 0 Å². The summed E-state index contributed by atoms with van der Waals surface area (Å²) in [6.07, 6.45) is 5.71. The first-order chi connectivity index (χ1) is 8.70. The summed E-state index contributed by atoms with van der Waals surface area (Å²) in [5.74, 6) is 1.05. The van der Waals surface area contributed by atoms with E-state index in [1.807, 2.05) is 6.20 Å². The van der Waals surface area contributed by atoms with Crippen molar-refractivity contribution >= 4 is 21.7 Å². The molecule has 0 N–H and O–H groups in total. The third-order valence-corrected chi connectivity index (χ3v) is 3.78. The van der Waals surface area contributed by atoms with Crippen molar-refractivity contribution in [2.45, 2.75) is 39.2 Å². The molecule has 2 rings (SSSR count). The van der Waals surface area contributed by atoms with Crippen molar-refractivity contribution in [3.8, 4) is 0 Å². The highest BCUT2D eigenvalue weighted by Crippen LogP contribution is 2.27. The van der Waals surface area contributed by atoms with Gasteiger partial charge in [-0.2, -0.15) is 0 Å². The minimum atomic E-state index is 0.355. The molecule has 0 aromatic carbocycles. The molecule has 1 aromatic rings. The van der Waals surface area contributed by atoms with Crippen molar-refractivity contribution in [1.29, 1.82) is 0 Å². The Morgan fingerprint density at radius 1 is 1.56 bits per heavy atom. The molecule has 0 spiro atoms. The molecule has 1 aromatic heterocycles. The number of piperidine rings is 1. The third kappa shape index (κ3) is 3.45. The number of hydrogen-bond donors (Lipinski definition) is 0. The lowest BCUT2D eigenvalue weighted by atomic mass is 10.1. The number of rotatable bonds is 4. The molecule has 100 valence electrons. The second-order valence-corrected chi connectivity index (χ2v) is 5.75. The van der Waals surface area contributed by atoms with Gasteiger partial charge in [0, 0.05) is 25.9 Å². The van der Waals surface area contributed by atoms with E-state index in [-0.39, 0.29) is 0 Å². The summed E-state index contributed by atoms with van der Waals surface area (Å²) in [6.45, 7) is 7.10. The van der Waals surface area contributed by atoms with E-state index in [1.165, 1.54) is 18.4 Å². The average molecular weight is 313 g/mol. The van der Waals surface area contributed by atoms with Gasteiger partial charge >= 0.3 is 0 Å². The van der Waals surface area contributed by atoms with Crippen LogP contribution in [0.3, 0.4) is 0 Å². The number of nitrogens with zero attached hydrogens (tertiary/aromatic N) is 2. The highest BCUT2D eigenvalue weighted by molar-refractivity contribution is 9.10. The Bertz CT molecular complexity index is 397. The first-order valence-electron chi connectivity index (χ1n) is 6.69. The van der Waals surface area contributed by atoms with Gasteiger partial charge in [-0.1, -0.05) is 6.92 Å². The molecule has 1 fully saturated rings. The van der Waals surface area contributed by atoms with Crippen LogP contribution in [0.4, 0.5) is 5.82 Å². The van der Waals surface area contributed by atoms with Crippen molar-refractivity contribution in [2.75, 3.05) is 24.6 Å². The van der Waals surface area contributed by atoms with Gasteiger partial charge in [0.05, 0.1) is 10.6 Å². The van der Waals surface area contributed by atoms with Gasteiger partial charge in [-0.15, -0.1) is 0 Å². The molecule has 1 aliphatic heterocycles. The molecule has 18 heavy (non-hydrogen) atoms. The Morgan fingerprint density at radius 2 is 2.39 bits per heavy atom. The van der Waals surface area contributed by atoms with Gasteiger partial charge < -0.3 is 9.64 Å². The fraction of sp³-hybridized carbons (Fsp3) is 0.643. The number of hydrogen-bond acceptors (Lipinski definition) is 3. The molecule has 0 aliphatic carbocycles. The Hall–Kier alpha value is -0.610. The zero-order valence-electron chi connectivity index (χ0n) is 11.2. The van der Waals surface area contributed by atoms with Gasteiger partial charge in [-0.25, -0.2) is 4.98 Å². The molecule has 0 amide bonds. The van der Waals surface area contributed by atoms with Crippen LogP contribution in [0.1, 0.15) is 31.7 Å². The van der Waals surface area contributed by atoms with E-state index in [1.54, 1.807) is 0 Å². The first kappa shape index (κ1) is 13.8. The van der Waals surface area contributed by atoms with Crippen LogP contribution in [-0.2, 0) is 4.74 Å². The smallest absolute Gasteiger partial charge is 0.142 e. The third-order valence-electron chi connectivity index (χ3n) is 3.19. The highest BCUT2D eigenvalue weighted by atomic mass is 79.9. The van der Waals surface area contributed by atoms with Crippen LogP contribution in [0.2, 0.25) is 0 Å². The zero-order valence-corrected chi connectivity index (χ0v) is 12.7. The molecule has 1 unspecified atom stereocenters. The minimum absolute atomic E-state index is 0.355. The van der Waals surface area contributed by atoms with Crippen molar-refractivity contribution in [3.63, 3.8) is 0 Å². The standard InChI is InChI=1S/C14H21BrN2O/c1-3-7-18-12-5-4-6-17(10-12)14-13(15)8-11(2)9-16-14/h8-9,12H,3-7,10H2,1-2H3. The van der Waals surface area contributed by atoms with Gasteiger partial charge in [0.25, 0.3) is 0 Å². The van der Waals surface area contributed by atoms with E-state index in [0.29, 0.717) is 6.10 Å². The fourth-order valence-electron chi connectivity index (χ4n) is 2.31. The van der Waals surface area contributed by atoms with Crippen LogP contribution in [0, 0.1) is 6.92 Å². The van der Waals surface area contributed by atoms with Gasteiger partial charge in [0.15, 0.2) is 0 Å². The summed E-state index contributed by atoms with van der Waals surface area (Å²) in [6, 6.07) is 2.12. The largest absolute Gasteiger partial charge is 0.376 e. The second kappa shape index (κ2) is 6.53. The van der Waals surface area contributed by atoms with Crippen molar-refractivity contribution in [2.24, 2.45) is 0 Å². The van der Waals surface area contributed by atoms with Crippen LogP contribution >= 0.6 is 15.9 Å². The number of ether oxygens (including phenoxy) is 1. The molecule has 0 saturated carbocycles. The summed E-state index contributed by atoms with van der Waals surface area (Å²) < 4.78 is 6.94. The zero-order chi connectivity index (χ0) is 13.0. The maximum absolute atomic E-state index is 5.86. The molecule has 3 nitrogen and oxygen atoms in total. The molecule has 1 saturated heterocycles. The van der Waals surface area contributed by atoms with Crippen LogP contribution in [-0.4, -0.2) is 30.8 Å². The van der Waals surface area contributed by atoms with E-state index in [4.69, 9.17) is 4.74 Å². The lowest BCUT2D eigenvalue weighted by Crippen LogP contribution is -2.40. The second-order valence-electron chi connectivity index (χ2n) is 4.90. The summed E-state index contributed by atoms with van der Waals surface area (Å²) >= 11 is 3.61. The summed E-state index contributed by atoms with van der Waals surface area (Å²) in [7, 11) is 0. The Balaban J connectivity index is 2.03. The number of aromatic nitrogens is 1. The molecule has 1 atom stereocenters. The maximum Gasteiger partial charge on any atom is 0.142 e. The van der Waals surface area contributed by atoms with Crippen LogP contribution in [0.15, 0.2) is 16.7 Å². The fourth-order valence-corrected chi connectivity index (χ4v) is 3.02.